The molecule has 2 rings (SSSR count). The van der Waals surface area contributed by atoms with E-state index >= 15 is 0 Å². The Balaban J connectivity index is 2.50. The quantitative estimate of drug-likeness (QED) is 0.927. The van der Waals surface area contributed by atoms with E-state index < -0.39 is 17.3 Å². The number of rotatable bonds is 4. The van der Waals surface area contributed by atoms with Crippen LogP contribution in [0.25, 0.3) is 11.3 Å². The number of halogens is 2. The summed E-state index contributed by atoms with van der Waals surface area (Å²) in [7, 11) is 1.54. The number of aryl methyl sites for hydroxylation is 1. The Morgan fingerprint density at radius 2 is 2.13 bits per heavy atom. The van der Waals surface area contributed by atoms with E-state index in [-0.39, 0.29) is 34.1 Å². The van der Waals surface area contributed by atoms with Crippen LogP contribution in [0.1, 0.15) is 30.0 Å². The first kappa shape index (κ1) is 17.4. The first-order valence-corrected chi connectivity index (χ1v) is 7.38. The SMILES string of the molecule is Cc1onc(-c2c(F)cccc2Cl)c1C(=O)N(C)CC(C)(C)O. The molecule has 124 valence electrons. The molecule has 1 amide bonds. The second-order valence-corrected chi connectivity index (χ2v) is 6.44. The third-order valence-corrected chi connectivity index (χ3v) is 3.56. The van der Waals surface area contributed by atoms with E-state index in [1.54, 1.807) is 27.8 Å². The molecule has 1 heterocycles. The van der Waals surface area contributed by atoms with Crippen molar-refractivity contribution in [3.05, 3.63) is 40.4 Å². The van der Waals surface area contributed by atoms with Crippen LogP contribution in [-0.2, 0) is 0 Å². The Kier molecular flexibility index (Phi) is 4.77. The minimum atomic E-state index is -1.06. The molecule has 23 heavy (non-hydrogen) atoms. The number of likely N-dealkylation sites (N-methyl/N-ethyl adjacent to an activating group) is 1. The van der Waals surface area contributed by atoms with E-state index in [0.29, 0.717) is 0 Å². The van der Waals surface area contributed by atoms with Gasteiger partial charge in [0.25, 0.3) is 5.91 Å². The summed E-state index contributed by atoms with van der Waals surface area (Å²) >= 11 is 6.05. The van der Waals surface area contributed by atoms with Crippen LogP contribution in [0.4, 0.5) is 4.39 Å². The second-order valence-electron chi connectivity index (χ2n) is 6.03. The standard InChI is InChI=1S/C16H18ClFN2O3/c1-9-12(15(21)20(4)8-16(2,3)22)14(19-23-9)13-10(17)6-5-7-11(13)18/h5-7,22H,8H2,1-4H3. The monoisotopic (exact) mass is 340 g/mol. The lowest BCUT2D eigenvalue weighted by Gasteiger charge is -2.25. The molecule has 1 aromatic heterocycles. The van der Waals surface area contributed by atoms with Gasteiger partial charge in [-0.05, 0) is 32.9 Å². The highest BCUT2D eigenvalue weighted by Gasteiger charge is 2.29. The molecule has 1 aromatic carbocycles. The van der Waals surface area contributed by atoms with Crippen molar-refractivity contribution >= 4 is 17.5 Å². The molecular formula is C16H18ClFN2O3. The Morgan fingerprint density at radius 3 is 2.70 bits per heavy atom. The lowest BCUT2D eigenvalue weighted by Crippen LogP contribution is -2.40. The van der Waals surface area contributed by atoms with Crippen molar-refractivity contribution in [2.75, 3.05) is 13.6 Å². The molecule has 0 aliphatic rings. The van der Waals surface area contributed by atoms with Crippen LogP contribution >= 0.6 is 11.6 Å². The van der Waals surface area contributed by atoms with Crippen molar-refractivity contribution in [3.8, 4) is 11.3 Å². The number of nitrogens with zero attached hydrogens (tertiary/aromatic N) is 2. The van der Waals surface area contributed by atoms with Crippen molar-refractivity contribution in [1.29, 1.82) is 0 Å². The fraction of sp³-hybridized carbons (Fsp3) is 0.375. The van der Waals surface area contributed by atoms with Crippen LogP contribution in [0.2, 0.25) is 5.02 Å². The van der Waals surface area contributed by atoms with Crippen molar-refractivity contribution in [1.82, 2.24) is 10.1 Å². The zero-order valence-electron chi connectivity index (χ0n) is 13.4. The number of carbonyl (C=O) groups is 1. The normalized spacial score (nSPS) is 11.6. The van der Waals surface area contributed by atoms with Crippen LogP contribution < -0.4 is 0 Å². The fourth-order valence-corrected chi connectivity index (χ4v) is 2.61. The average Bonchev–Trinajstić information content (AvgIpc) is 2.77. The van der Waals surface area contributed by atoms with Gasteiger partial charge < -0.3 is 14.5 Å². The maximum Gasteiger partial charge on any atom is 0.259 e. The summed E-state index contributed by atoms with van der Waals surface area (Å²) in [6.45, 7) is 4.84. The molecule has 5 nitrogen and oxygen atoms in total. The van der Waals surface area contributed by atoms with Crippen LogP contribution in [-0.4, -0.2) is 40.3 Å². The third-order valence-electron chi connectivity index (χ3n) is 3.25. The minimum Gasteiger partial charge on any atom is -0.389 e. The molecule has 7 heteroatoms. The van der Waals surface area contributed by atoms with Gasteiger partial charge in [-0.25, -0.2) is 4.39 Å². The maximum atomic E-state index is 14.1. The predicted molar refractivity (Wildman–Crippen MR) is 84.9 cm³/mol. The number of aromatic nitrogens is 1. The second kappa shape index (κ2) is 6.29. The summed E-state index contributed by atoms with van der Waals surface area (Å²) in [6, 6.07) is 4.22. The molecule has 0 radical (unpaired) electrons. The van der Waals surface area contributed by atoms with Gasteiger partial charge in [0.15, 0.2) is 0 Å². The lowest BCUT2D eigenvalue weighted by molar-refractivity contribution is 0.0367. The van der Waals surface area contributed by atoms with Gasteiger partial charge in [-0.2, -0.15) is 0 Å². The molecule has 0 unspecified atom stereocenters. The van der Waals surface area contributed by atoms with Crippen molar-refractivity contribution in [2.45, 2.75) is 26.4 Å². The zero-order chi connectivity index (χ0) is 17.4. The molecule has 0 saturated heterocycles. The molecule has 0 aliphatic heterocycles. The van der Waals surface area contributed by atoms with E-state index in [0.717, 1.165) is 0 Å². The summed E-state index contributed by atoms with van der Waals surface area (Å²) in [6.07, 6.45) is 0. The minimum absolute atomic E-state index is 0.0195. The molecule has 0 spiro atoms. The fourth-order valence-electron chi connectivity index (χ4n) is 2.36. The predicted octanol–water partition coefficient (Wildman–Crippen LogP) is 3.29. The summed E-state index contributed by atoms with van der Waals surface area (Å²) in [5, 5.41) is 13.8. The van der Waals surface area contributed by atoms with Crippen molar-refractivity contribution < 1.29 is 18.8 Å². The first-order valence-electron chi connectivity index (χ1n) is 7.00. The van der Waals surface area contributed by atoms with Gasteiger partial charge in [-0.3, -0.25) is 4.79 Å². The van der Waals surface area contributed by atoms with Crippen LogP contribution in [0.5, 0.6) is 0 Å². The van der Waals surface area contributed by atoms with Crippen molar-refractivity contribution in [2.24, 2.45) is 0 Å². The molecule has 2 aromatic rings. The highest BCUT2D eigenvalue weighted by atomic mass is 35.5. The van der Waals surface area contributed by atoms with E-state index in [9.17, 15) is 14.3 Å². The van der Waals surface area contributed by atoms with Gasteiger partial charge in [0, 0.05) is 13.6 Å². The molecule has 0 saturated carbocycles. The lowest BCUT2D eigenvalue weighted by atomic mass is 10.0. The highest BCUT2D eigenvalue weighted by molar-refractivity contribution is 6.33. The van der Waals surface area contributed by atoms with Crippen LogP contribution in [0.3, 0.4) is 0 Å². The Morgan fingerprint density at radius 1 is 1.48 bits per heavy atom. The maximum absolute atomic E-state index is 14.1. The van der Waals surface area contributed by atoms with E-state index in [2.05, 4.69) is 5.16 Å². The Bertz CT molecular complexity index is 717. The number of carbonyl (C=O) groups excluding carboxylic acids is 1. The van der Waals surface area contributed by atoms with E-state index in [4.69, 9.17) is 16.1 Å². The first-order chi connectivity index (χ1) is 10.6. The summed E-state index contributed by atoms with van der Waals surface area (Å²) in [5.74, 6) is -0.767. The molecule has 1 N–H and O–H groups in total. The number of hydrogen-bond donors (Lipinski definition) is 1. The van der Waals surface area contributed by atoms with Gasteiger partial charge in [-0.1, -0.05) is 22.8 Å². The number of aliphatic hydroxyl groups is 1. The third kappa shape index (κ3) is 3.71. The number of amides is 1. The summed E-state index contributed by atoms with van der Waals surface area (Å²) in [4.78, 5) is 14.0. The van der Waals surface area contributed by atoms with Crippen LogP contribution in [0, 0.1) is 12.7 Å². The molecule has 0 atom stereocenters. The van der Waals surface area contributed by atoms with E-state index in [1.165, 1.54) is 23.1 Å². The largest absolute Gasteiger partial charge is 0.389 e. The van der Waals surface area contributed by atoms with E-state index in [1.807, 2.05) is 0 Å². The van der Waals surface area contributed by atoms with Gasteiger partial charge in [-0.15, -0.1) is 0 Å². The van der Waals surface area contributed by atoms with Crippen LogP contribution in [0.15, 0.2) is 22.7 Å². The summed E-state index contributed by atoms with van der Waals surface area (Å²) in [5.41, 5.74) is -0.862. The topological polar surface area (TPSA) is 66.6 Å². The zero-order valence-corrected chi connectivity index (χ0v) is 14.1. The average molecular weight is 341 g/mol. The van der Waals surface area contributed by atoms with Gasteiger partial charge in [0.1, 0.15) is 22.8 Å². The molecule has 0 aliphatic carbocycles. The highest BCUT2D eigenvalue weighted by Crippen LogP contribution is 2.34. The number of hydrogen-bond acceptors (Lipinski definition) is 4. The molecule has 0 bridgehead atoms. The molecule has 0 fully saturated rings. The molecular weight excluding hydrogens is 323 g/mol. The van der Waals surface area contributed by atoms with Crippen molar-refractivity contribution in [3.63, 3.8) is 0 Å². The summed E-state index contributed by atoms with van der Waals surface area (Å²) < 4.78 is 19.2. The van der Waals surface area contributed by atoms with Gasteiger partial charge in [0.05, 0.1) is 16.2 Å². The smallest absolute Gasteiger partial charge is 0.259 e. The van der Waals surface area contributed by atoms with Gasteiger partial charge in [0.2, 0.25) is 0 Å². The number of benzene rings is 1. The van der Waals surface area contributed by atoms with Gasteiger partial charge >= 0.3 is 0 Å². The Labute approximate surface area is 138 Å². The Hall–Kier alpha value is -1.92.